The largest absolute Gasteiger partial charge is 3.00 e. The molecule has 0 aromatic rings. The molecule has 3 nitrogen and oxygen atoms in total. The van der Waals surface area contributed by atoms with Gasteiger partial charge in [-0.1, -0.05) is 0 Å². The van der Waals surface area contributed by atoms with Gasteiger partial charge >= 0.3 is 16.5 Å². The fourth-order valence-corrected chi connectivity index (χ4v) is 0.270. The summed E-state index contributed by atoms with van der Waals surface area (Å²) in [5, 5.41) is 3.83. The third-order valence-corrected chi connectivity index (χ3v) is 0.540. The zero-order valence-corrected chi connectivity index (χ0v) is 5.58. The van der Waals surface area contributed by atoms with Crippen molar-refractivity contribution in [3.05, 3.63) is 16.8 Å². The van der Waals surface area contributed by atoms with Crippen molar-refractivity contribution in [1.82, 2.24) is 0 Å². The monoisotopic (exact) mass is 158 g/mol. The van der Waals surface area contributed by atoms with Gasteiger partial charge in [0.1, 0.15) is 0 Å². The SMILES string of the molecule is [NH-]CC[N-]CC[NH-].[Ni+3]. The van der Waals surface area contributed by atoms with Crippen LogP contribution in [0.2, 0.25) is 0 Å². The van der Waals surface area contributed by atoms with E-state index in [4.69, 9.17) is 11.5 Å². The molecule has 51 valence electrons. The summed E-state index contributed by atoms with van der Waals surface area (Å²) < 4.78 is 0. The molecule has 0 saturated heterocycles. The first-order valence-corrected chi connectivity index (χ1v) is 2.34. The molecule has 0 fully saturated rings. The summed E-state index contributed by atoms with van der Waals surface area (Å²) in [5.74, 6) is 0. The first kappa shape index (κ1) is 11.2. The van der Waals surface area contributed by atoms with Gasteiger partial charge in [0.05, 0.1) is 0 Å². The number of nitrogens with one attached hydrogen (secondary N) is 2. The summed E-state index contributed by atoms with van der Waals surface area (Å²) in [7, 11) is 0. The molecule has 0 aromatic heterocycles. The molecule has 0 amide bonds. The predicted octanol–water partition coefficient (Wildman–Crippen LogP) is 1.46. The van der Waals surface area contributed by atoms with E-state index in [1.165, 1.54) is 0 Å². The summed E-state index contributed by atoms with van der Waals surface area (Å²) in [4.78, 5) is 0. The molecule has 0 rings (SSSR count). The normalized spacial score (nSPS) is 8.25. The average molecular weight is 159 g/mol. The molecule has 1 radical (unpaired) electrons. The first-order chi connectivity index (χ1) is 3.41. The average Bonchev–Trinajstić information content (AvgIpc) is 1.69. The molecule has 0 aromatic carbocycles. The van der Waals surface area contributed by atoms with E-state index in [9.17, 15) is 0 Å². The van der Waals surface area contributed by atoms with Crippen LogP contribution in [0.1, 0.15) is 0 Å². The van der Waals surface area contributed by atoms with Crippen LogP contribution in [-0.2, 0) is 16.5 Å². The summed E-state index contributed by atoms with van der Waals surface area (Å²) in [5.41, 5.74) is 13.3. The van der Waals surface area contributed by atoms with E-state index in [1.54, 1.807) is 0 Å². The Kier molecular flexibility index (Phi) is 14.5. The Bertz CT molecular complexity index is 30.5. The molecule has 0 aliphatic heterocycles. The molecule has 0 aliphatic carbocycles. The van der Waals surface area contributed by atoms with Gasteiger partial charge in [-0.15, -0.1) is 0 Å². The molecule has 2 N–H and O–H groups in total. The second kappa shape index (κ2) is 10.4. The maximum absolute atomic E-state index is 6.63. The third kappa shape index (κ3) is 9.62. The van der Waals surface area contributed by atoms with Gasteiger partial charge in [-0.25, -0.2) is 0 Å². The molecule has 0 saturated carbocycles. The van der Waals surface area contributed by atoms with Crippen molar-refractivity contribution in [3.8, 4) is 0 Å². The van der Waals surface area contributed by atoms with E-state index < -0.39 is 0 Å². The van der Waals surface area contributed by atoms with Crippen LogP contribution < -0.4 is 0 Å². The minimum absolute atomic E-state index is 0. The van der Waals surface area contributed by atoms with Crippen molar-refractivity contribution in [3.63, 3.8) is 0 Å². The number of hydrogen-bond acceptors (Lipinski definition) is 0. The van der Waals surface area contributed by atoms with Gasteiger partial charge in [0.15, 0.2) is 0 Å². The van der Waals surface area contributed by atoms with E-state index in [2.05, 4.69) is 5.32 Å². The van der Waals surface area contributed by atoms with E-state index in [-0.39, 0.29) is 16.5 Å². The quantitative estimate of drug-likeness (QED) is 0.440. The van der Waals surface area contributed by atoms with Gasteiger partial charge in [-0.05, 0) is 0 Å². The van der Waals surface area contributed by atoms with Crippen LogP contribution in [0.25, 0.3) is 16.8 Å². The Morgan fingerprint density at radius 2 is 1.38 bits per heavy atom. The van der Waals surface area contributed by atoms with Crippen molar-refractivity contribution >= 4 is 0 Å². The van der Waals surface area contributed by atoms with Crippen molar-refractivity contribution in [2.75, 3.05) is 26.2 Å². The zero-order chi connectivity index (χ0) is 5.54. The van der Waals surface area contributed by atoms with Gasteiger partial charge in [0, 0.05) is 0 Å². The van der Waals surface area contributed by atoms with Crippen molar-refractivity contribution in [1.29, 1.82) is 0 Å². The first-order valence-electron chi connectivity index (χ1n) is 2.34. The van der Waals surface area contributed by atoms with Crippen molar-refractivity contribution in [2.24, 2.45) is 0 Å². The Labute approximate surface area is 60.1 Å². The van der Waals surface area contributed by atoms with Gasteiger partial charge in [0.25, 0.3) is 0 Å². The molecule has 0 atom stereocenters. The molecular weight excluding hydrogens is 149 g/mol. The van der Waals surface area contributed by atoms with Gasteiger partial charge < -0.3 is 16.8 Å². The van der Waals surface area contributed by atoms with Gasteiger partial charge in [0.2, 0.25) is 0 Å². The topological polar surface area (TPSA) is 61.7 Å². The second-order valence-electron chi connectivity index (χ2n) is 1.17. The van der Waals surface area contributed by atoms with Crippen LogP contribution >= 0.6 is 0 Å². The minimum Gasteiger partial charge on any atom is -0.679 e. The predicted molar refractivity (Wildman–Crippen MR) is 31.5 cm³/mol. The molecule has 0 heterocycles. The Balaban J connectivity index is 0. The van der Waals surface area contributed by atoms with E-state index in [1.807, 2.05) is 0 Å². The number of hydrogen-bond donors (Lipinski definition) is 0. The standard InChI is InChI=1S/C4H10N3.Ni/c5-1-3-7-4-2-6;/h5-6H,1-4H2;/q-3;+3. The molecular formula is C4H10N3Ni. The second-order valence-corrected chi connectivity index (χ2v) is 1.17. The van der Waals surface area contributed by atoms with E-state index >= 15 is 0 Å². The zero-order valence-electron chi connectivity index (χ0n) is 4.59. The molecule has 0 bridgehead atoms. The van der Waals surface area contributed by atoms with E-state index in [0.717, 1.165) is 0 Å². The van der Waals surface area contributed by atoms with E-state index in [0.29, 0.717) is 26.2 Å². The molecule has 8 heavy (non-hydrogen) atoms. The molecule has 0 spiro atoms. The van der Waals surface area contributed by atoms with Crippen LogP contribution in [0.4, 0.5) is 0 Å². The maximum atomic E-state index is 6.63. The summed E-state index contributed by atoms with van der Waals surface area (Å²) >= 11 is 0. The Hall–Kier alpha value is 0.374. The van der Waals surface area contributed by atoms with Crippen molar-refractivity contribution < 1.29 is 16.5 Å². The van der Waals surface area contributed by atoms with Gasteiger partial charge in [-0.2, -0.15) is 26.2 Å². The Morgan fingerprint density at radius 1 is 1.00 bits per heavy atom. The molecule has 0 aliphatic rings. The Morgan fingerprint density at radius 3 is 1.62 bits per heavy atom. The number of nitrogens with zero attached hydrogens (tertiary/aromatic N) is 1. The summed E-state index contributed by atoms with van der Waals surface area (Å²) in [6.07, 6.45) is 0. The van der Waals surface area contributed by atoms with Crippen LogP contribution in [-0.4, -0.2) is 26.2 Å². The molecule has 4 heteroatoms. The fraction of sp³-hybridized carbons (Fsp3) is 1.00. The summed E-state index contributed by atoms with van der Waals surface area (Å²) in [6.45, 7) is 1.91. The summed E-state index contributed by atoms with van der Waals surface area (Å²) in [6, 6.07) is 0. The molecule has 0 unspecified atom stereocenters. The smallest absolute Gasteiger partial charge is 0.679 e. The van der Waals surface area contributed by atoms with Crippen LogP contribution in [0.5, 0.6) is 0 Å². The fourth-order valence-electron chi connectivity index (χ4n) is 0.270. The van der Waals surface area contributed by atoms with Crippen LogP contribution in [0.15, 0.2) is 0 Å². The minimum atomic E-state index is 0. The van der Waals surface area contributed by atoms with Crippen molar-refractivity contribution in [2.45, 2.75) is 0 Å². The third-order valence-electron chi connectivity index (χ3n) is 0.540. The van der Waals surface area contributed by atoms with Crippen LogP contribution in [0.3, 0.4) is 0 Å². The van der Waals surface area contributed by atoms with Gasteiger partial charge in [-0.3, -0.25) is 0 Å². The maximum Gasteiger partial charge on any atom is 3.00 e. The van der Waals surface area contributed by atoms with Crippen LogP contribution in [0, 0.1) is 0 Å². The number of rotatable bonds is 4.